The van der Waals surface area contributed by atoms with E-state index in [1.165, 1.54) is 0 Å². The van der Waals surface area contributed by atoms with Crippen LogP contribution in [-0.4, -0.2) is 62.7 Å². The van der Waals surface area contributed by atoms with Crippen LogP contribution in [0.2, 0.25) is 0 Å². The molecule has 0 aromatic heterocycles. The van der Waals surface area contributed by atoms with Gasteiger partial charge in [-0.25, -0.2) is 0 Å². The highest BCUT2D eigenvalue weighted by Gasteiger charge is 2.11. The lowest BCUT2D eigenvalue weighted by Gasteiger charge is -2.26. The van der Waals surface area contributed by atoms with Crippen LogP contribution in [0.15, 0.2) is 35.9 Å². The summed E-state index contributed by atoms with van der Waals surface area (Å²) in [6.45, 7) is 6.39. The maximum absolute atomic E-state index is 12.0. The fourth-order valence-corrected chi connectivity index (χ4v) is 2.41. The van der Waals surface area contributed by atoms with Gasteiger partial charge in [0, 0.05) is 31.8 Å². The van der Waals surface area contributed by atoms with E-state index in [4.69, 9.17) is 4.74 Å². The molecule has 1 aliphatic heterocycles. The average molecular weight is 331 g/mol. The highest BCUT2D eigenvalue weighted by atomic mass is 16.5. The zero-order chi connectivity index (χ0) is 17.2. The normalized spacial score (nSPS) is 15.8. The molecule has 2 amide bonds. The molecule has 1 aromatic carbocycles. The molecule has 1 saturated heterocycles. The number of carbonyl (C=O) groups excluding carboxylic acids is 2. The van der Waals surface area contributed by atoms with Crippen LogP contribution in [0.3, 0.4) is 0 Å². The number of nitrogens with zero attached hydrogens (tertiary/aromatic N) is 1. The summed E-state index contributed by atoms with van der Waals surface area (Å²) >= 11 is 0. The first kappa shape index (κ1) is 18.2. The minimum atomic E-state index is -0.234. The zero-order valence-electron chi connectivity index (χ0n) is 14.1. The summed E-state index contributed by atoms with van der Waals surface area (Å²) in [4.78, 5) is 26.0. The predicted octanol–water partition coefficient (Wildman–Crippen LogP) is 0.655. The summed E-state index contributed by atoms with van der Waals surface area (Å²) in [7, 11) is 0. The molecule has 6 nitrogen and oxygen atoms in total. The van der Waals surface area contributed by atoms with Gasteiger partial charge < -0.3 is 15.4 Å². The maximum atomic E-state index is 12.0. The van der Waals surface area contributed by atoms with E-state index < -0.39 is 0 Å². The van der Waals surface area contributed by atoms with Gasteiger partial charge in [-0.05, 0) is 18.6 Å². The van der Waals surface area contributed by atoms with Crippen molar-refractivity contribution < 1.29 is 14.3 Å². The van der Waals surface area contributed by atoms with Crippen LogP contribution < -0.4 is 10.6 Å². The van der Waals surface area contributed by atoms with Gasteiger partial charge in [0.05, 0.1) is 19.8 Å². The van der Waals surface area contributed by atoms with Gasteiger partial charge in [0.15, 0.2) is 0 Å². The van der Waals surface area contributed by atoms with E-state index in [-0.39, 0.29) is 18.4 Å². The molecule has 1 aromatic rings. The second-order valence-corrected chi connectivity index (χ2v) is 5.72. The molecule has 0 aliphatic carbocycles. The van der Waals surface area contributed by atoms with Gasteiger partial charge in [-0.2, -0.15) is 0 Å². The summed E-state index contributed by atoms with van der Waals surface area (Å²) in [5.74, 6) is -0.411. The monoisotopic (exact) mass is 331 g/mol. The zero-order valence-corrected chi connectivity index (χ0v) is 14.1. The van der Waals surface area contributed by atoms with E-state index in [1.54, 1.807) is 13.0 Å². The Morgan fingerprint density at radius 2 is 1.88 bits per heavy atom. The number of nitrogens with one attached hydrogen (secondary N) is 2. The van der Waals surface area contributed by atoms with Crippen LogP contribution in [0.25, 0.3) is 6.08 Å². The van der Waals surface area contributed by atoms with Crippen molar-refractivity contribution in [2.45, 2.75) is 6.92 Å². The third kappa shape index (κ3) is 6.52. The summed E-state index contributed by atoms with van der Waals surface area (Å²) in [5, 5.41) is 5.46. The average Bonchev–Trinajstić information content (AvgIpc) is 2.61. The van der Waals surface area contributed by atoms with E-state index in [2.05, 4.69) is 15.5 Å². The number of rotatable bonds is 7. The molecule has 24 heavy (non-hydrogen) atoms. The number of amides is 2. The van der Waals surface area contributed by atoms with E-state index in [0.717, 1.165) is 38.4 Å². The van der Waals surface area contributed by atoms with Gasteiger partial charge in [0.2, 0.25) is 11.8 Å². The summed E-state index contributed by atoms with van der Waals surface area (Å²) in [5.41, 5.74) is 1.53. The van der Waals surface area contributed by atoms with Crippen molar-refractivity contribution in [3.8, 4) is 0 Å². The quantitative estimate of drug-likeness (QED) is 0.720. The van der Waals surface area contributed by atoms with Crippen LogP contribution in [0.5, 0.6) is 0 Å². The minimum Gasteiger partial charge on any atom is -0.379 e. The summed E-state index contributed by atoms with van der Waals surface area (Å²) in [6, 6.07) is 9.61. The first-order valence-electron chi connectivity index (χ1n) is 8.23. The first-order valence-corrected chi connectivity index (χ1v) is 8.23. The maximum Gasteiger partial charge on any atom is 0.247 e. The lowest BCUT2D eigenvalue weighted by Crippen LogP contribution is -2.43. The van der Waals surface area contributed by atoms with Crippen molar-refractivity contribution in [1.29, 1.82) is 0 Å². The second kappa shape index (κ2) is 9.85. The van der Waals surface area contributed by atoms with Crippen LogP contribution in [-0.2, 0) is 14.3 Å². The van der Waals surface area contributed by atoms with Gasteiger partial charge >= 0.3 is 0 Å². The van der Waals surface area contributed by atoms with Crippen molar-refractivity contribution in [2.24, 2.45) is 0 Å². The number of hydrogen-bond acceptors (Lipinski definition) is 4. The van der Waals surface area contributed by atoms with Crippen molar-refractivity contribution in [3.63, 3.8) is 0 Å². The van der Waals surface area contributed by atoms with E-state index >= 15 is 0 Å². The SMILES string of the molecule is C/C(=C\c1ccccc1)C(=O)NCC(=O)NCCN1CCOCC1. The molecule has 2 rings (SSSR count). The molecule has 1 fully saturated rings. The molecule has 0 atom stereocenters. The van der Waals surface area contributed by atoms with E-state index in [9.17, 15) is 9.59 Å². The van der Waals surface area contributed by atoms with Crippen molar-refractivity contribution in [3.05, 3.63) is 41.5 Å². The van der Waals surface area contributed by atoms with E-state index in [1.807, 2.05) is 30.3 Å². The predicted molar refractivity (Wildman–Crippen MR) is 93.4 cm³/mol. The number of ether oxygens (including phenoxy) is 1. The molecule has 6 heteroatoms. The van der Waals surface area contributed by atoms with Crippen LogP contribution in [0.4, 0.5) is 0 Å². The Bertz CT molecular complexity index is 566. The number of hydrogen-bond donors (Lipinski definition) is 2. The fraction of sp³-hybridized carbons (Fsp3) is 0.444. The van der Waals surface area contributed by atoms with Crippen LogP contribution in [0.1, 0.15) is 12.5 Å². The molecule has 0 saturated carbocycles. The smallest absolute Gasteiger partial charge is 0.247 e. The number of morpholine rings is 1. The molecule has 2 N–H and O–H groups in total. The van der Waals surface area contributed by atoms with Gasteiger partial charge in [-0.1, -0.05) is 30.3 Å². The third-order valence-electron chi connectivity index (χ3n) is 3.80. The van der Waals surface area contributed by atoms with Gasteiger partial charge in [-0.3, -0.25) is 14.5 Å². The second-order valence-electron chi connectivity index (χ2n) is 5.72. The summed E-state index contributed by atoms with van der Waals surface area (Å²) < 4.78 is 5.28. The molecule has 0 bridgehead atoms. The Balaban J connectivity index is 1.65. The van der Waals surface area contributed by atoms with Crippen LogP contribution in [0, 0.1) is 0 Å². The fourth-order valence-electron chi connectivity index (χ4n) is 2.41. The lowest BCUT2D eigenvalue weighted by atomic mass is 10.1. The molecule has 0 radical (unpaired) electrons. The Morgan fingerprint density at radius 1 is 1.17 bits per heavy atom. The topological polar surface area (TPSA) is 70.7 Å². The Labute approximate surface area is 142 Å². The number of benzene rings is 1. The standard InChI is InChI=1S/C18H25N3O3/c1-15(13-16-5-3-2-4-6-16)18(23)20-14-17(22)19-7-8-21-9-11-24-12-10-21/h2-6,13H,7-12,14H2,1H3,(H,19,22)(H,20,23)/b15-13+. The first-order chi connectivity index (χ1) is 11.6. The minimum absolute atomic E-state index is 0.0120. The molecule has 0 unspecified atom stereocenters. The lowest BCUT2D eigenvalue weighted by molar-refractivity contribution is -0.124. The van der Waals surface area contributed by atoms with Crippen molar-refractivity contribution >= 4 is 17.9 Å². The third-order valence-corrected chi connectivity index (χ3v) is 3.80. The molecule has 1 aliphatic rings. The van der Waals surface area contributed by atoms with Gasteiger partial charge in [0.25, 0.3) is 0 Å². The van der Waals surface area contributed by atoms with E-state index in [0.29, 0.717) is 12.1 Å². The Morgan fingerprint density at radius 3 is 2.58 bits per heavy atom. The molecular formula is C18H25N3O3. The van der Waals surface area contributed by atoms with Gasteiger partial charge in [-0.15, -0.1) is 0 Å². The highest BCUT2D eigenvalue weighted by Crippen LogP contribution is 2.05. The van der Waals surface area contributed by atoms with Crippen molar-refractivity contribution in [2.75, 3.05) is 45.9 Å². The Kier molecular flexibility index (Phi) is 7.45. The van der Waals surface area contributed by atoms with Crippen molar-refractivity contribution in [1.82, 2.24) is 15.5 Å². The summed E-state index contributed by atoms with van der Waals surface area (Å²) in [6.07, 6.45) is 1.80. The largest absolute Gasteiger partial charge is 0.379 e. The van der Waals surface area contributed by atoms with Crippen LogP contribution >= 0.6 is 0 Å². The highest BCUT2D eigenvalue weighted by molar-refractivity contribution is 5.98. The molecule has 1 heterocycles. The number of carbonyl (C=O) groups is 2. The molecule has 0 spiro atoms. The molecule has 130 valence electrons. The molecular weight excluding hydrogens is 306 g/mol. The Hall–Kier alpha value is -2.18. The van der Waals surface area contributed by atoms with Gasteiger partial charge in [0.1, 0.15) is 0 Å².